The molecule has 3 heteroatoms. The number of Topliss-reactive ketones (excluding diaryl/α,β-unsaturated/α-hetero) is 1. The molecule has 0 bridgehead atoms. The summed E-state index contributed by atoms with van der Waals surface area (Å²) in [4.78, 5) is 21.2. The molecule has 0 aromatic carbocycles. The van der Waals surface area contributed by atoms with Crippen molar-refractivity contribution >= 4 is 11.8 Å². The van der Waals surface area contributed by atoms with E-state index in [1.807, 2.05) is 0 Å². The lowest BCUT2D eigenvalue weighted by molar-refractivity contribution is -0.139. The van der Waals surface area contributed by atoms with E-state index in [0.29, 0.717) is 5.57 Å². The SMILES string of the molecule is COC(=O)C/C=C(\C)C(C)=O. The fourth-order valence-electron chi connectivity index (χ4n) is 0.463. The van der Waals surface area contributed by atoms with Gasteiger partial charge in [-0.3, -0.25) is 9.59 Å². The first kappa shape index (κ1) is 9.88. The number of hydrogen-bond acceptors (Lipinski definition) is 3. The molecule has 0 radical (unpaired) electrons. The summed E-state index contributed by atoms with van der Waals surface area (Å²) in [5.41, 5.74) is 0.593. The standard InChI is InChI=1S/C8H12O3/c1-6(7(2)9)4-5-8(10)11-3/h4H,5H2,1-3H3/b6-4+. The average molecular weight is 156 g/mol. The van der Waals surface area contributed by atoms with Crippen molar-refractivity contribution in [3.63, 3.8) is 0 Å². The molecule has 0 aliphatic heterocycles. The van der Waals surface area contributed by atoms with Crippen molar-refractivity contribution in [1.82, 2.24) is 0 Å². The number of hydrogen-bond donors (Lipinski definition) is 0. The quantitative estimate of drug-likeness (QED) is 0.453. The number of ketones is 1. The smallest absolute Gasteiger partial charge is 0.309 e. The van der Waals surface area contributed by atoms with Crippen molar-refractivity contribution in [2.24, 2.45) is 0 Å². The number of carbonyl (C=O) groups excluding carboxylic acids is 2. The molecule has 0 spiro atoms. The van der Waals surface area contributed by atoms with Gasteiger partial charge in [-0.1, -0.05) is 6.08 Å². The number of carbonyl (C=O) groups is 2. The highest BCUT2D eigenvalue weighted by molar-refractivity contribution is 5.93. The van der Waals surface area contributed by atoms with Gasteiger partial charge < -0.3 is 4.74 Å². The maximum atomic E-state index is 10.6. The van der Waals surface area contributed by atoms with Crippen LogP contribution in [0.2, 0.25) is 0 Å². The molecule has 0 atom stereocenters. The van der Waals surface area contributed by atoms with E-state index in [2.05, 4.69) is 4.74 Å². The summed E-state index contributed by atoms with van der Waals surface area (Å²) in [6.45, 7) is 3.13. The molecule has 0 aliphatic rings. The third-order valence-corrected chi connectivity index (χ3v) is 1.36. The van der Waals surface area contributed by atoms with Gasteiger partial charge in [-0.05, 0) is 19.4 Å². The molecule has 11 heavy (non-hydrogen) atoms. The predicted octanol–water partition coefficient (Wildman–Crippen LogP) is 1.08. The summed E-state index contributed by atoms with van der Waals surface area (Å²) in [5.74, 6) is -0.348. The molecular formula is C8H12O3. The highest BCUT2D eigenvalue weighted by atomic mass is 16.5. The molecule has 0 fully saturated rings. The molecule has 0 amide bonds. The zero-order chi connectivity index (χ0) is 8.85. The minimum absolute atomic E-state index is 0.0195. The third-order valence-electron chi connectivity index (χ3n) is 1.36. The number of ether oxygens (including phenoxy) is 1. The lowest BCUT2D eigenvalue weighted by Crippen LogP contribution is -1.99. The largest absolute Gasteiger partial charge is 0.469 e. The van der Waals surface area contributed by atoms with Gasteiger partial charge in [-0.25, -0.2) is 0 Å². The first-order chi connectivity index (χ1) is 5.07. The van der Waals surface area contributed by atoms with Gasteiger partial charge in [0.2, 0.25) is 0 Å². The van der Waals surface area contributed by atoms with Crippen LogP contribution in [0, 0.1) is 0 Å². The predicted molar refractivity (Wildman–Crippen MR) is 41.1 cm³/mol. The zero-order valence-electron chi connectivity index (χ0n) is 7.01. The number of allylic oxidation sites excluding steroid dienone is 1. The highest BCUT2D eigenvalue weighted by Gasteiger charge is 1.99. The van der Waals surface area contributed by atoms with Crippen molar-refractivity contribution in [1.29, 1.82) is 0 Å². The van der Waals surface area contributed by atoms with E-state index in [9.17, 15) is 9.59 Å². The molecular weight excluding hydrogens is 144 g/mol. The summed E-state index contributed by atoms with van der Waals surface area (Å²) in [5, 5.41) is 0. The van der Waals surface area contributed by atoms with Gasteiger partial charge in [-0.2, -0.15) is 0 Å². The first-order valence-corrected chi connectivity index (χ1v) is 3.32. The van der Waals surface area contributed by atoms with E-state index in [4.69, 9.17) is 0 Å². The Morgan fingerprint density at radius 3 is 2.27 bits per heavy atom. The van der Waals surface area contributed by atoms with Gasteiger partial charge >= 0.3 is 5.97 Å². The van der Waals surface area contributed by atoms with Gasteiger partial charge in [0.1, 0.15) is 0 Å². The van der Waals surface area contributed by atoms with Crippen LogP contribution in [0.25, 0.3) is 0 Å². The van der Waals surface area contributed by atoms with Crippen LogP contribution in [0.5, 0.6) is 0 Å². The van der Waals surface area contributed by atoms with Crippen molar-refractivity contribution in [2.45, 2.75) is 20.3 Å². The van der Waals surface area contributed by atoms with Crippen molar-refractivity contribution < 1.29 is 14.3 Å². The fourth-order valence-corrected chi connectivity index (χ4v) is 0.463. The van der Waals surface area contributed by atoms with Gasteiger partial charge in [0, 0.05) is 0 Å². The van der Waals surface area contributed by atoms with E-state index in [-0.39, 0.29) is 18.2 Å². The van der Waals surface area contributed by atoms with Crippen LogP contribution < -0.4 is 0 Å². The molecule has 0 aliphatic carbocycles. The third kappa shape index (κ3) is 4.31. The molecule has 0 rings (SSSR count). The maximum absolute atomic E-state index is 10.6. The van der Waals surface area contributed by atoms with Crippen LogP contribution in [0.4, 0.5) is 0 Å². The maximum Gasteiger partial charge on any atom is 0.309 e. The Hall–Kier alpha value is -1.12. The number of methoxy groups -OCH3 is 1. The zero-order valence-corrected chi connectivity index (χ0v) is 7.01. The van der Waals surface area contributed by atoms with Gasteiger partial charge in [0.15, 0.2) is 5.78 Å². The summed E-state index contributed by atoms with van der Waals surface area (Å²) in [6, 6.07) is 0. The van der Waals surface area contributed by atoms with Crippen LogP contribution in [0.3, 0.4) is 0 Å². The van der Waals surface area contributed by atoms with Crippen molar-refractivity contribution in [3.05, 3.63) is 11.6 Å². The highest BCUT2D eigenvalue weighted by Crippen LogP contribution is 1.97. The fraction of sp³-hybridized carbons (Fsp3) is 0.500. The molecule has 0 aromatic heterocycles. The van der Waals surface area contributed by atoms with E-state index < -0.39 is 0 Å². The molecule has 0 heterocycles. The number of rotatable bonds is 3. The second-order valence-corrected chi connectivity index (χ2v) is 2.22. The topological polar surface area (TPSA) is 43.4 Å². The minimum atomic E-state index is -0.328. The average Bonchev–Trinajstić information content (AvgIpc) is 1.99. The van der Waals surface area contributed by atoms with E-state index >= 15 is 0 Å². The lowest BCUT2D eigenvalue weighted by atomic mass is 10.2. The Bertz CT molecular complexity index is 192. The Morgan fingerprint density at radius 1 is 1.36 bits per heavy atom. The Balaban J connectivity index is 3.92. The second-order valence-electron chi connectivity index (χ2n) is 2.22. The minimum Gasteiger partial charge on any atom is -0.469 e. The molecule has 0 saturated carbocycles. The van der Waals surface area contributed by atoms with Crippen LogP contribution in [0.1, 0.15) is 20.3 Å². The van der Waals surface area contributed by atoms with E-state index in [0.717, 1.165) is 0 Å². The molecule has 3 nitrogen and oxygen atoms in total. The Labute approximate surface area is 66.0 Å². The molecule has 0 saturated heterocycles. The van der Waals surface area contributed by atoms with Gasteiger partial charge in [-0.15, -0.1) is 0 Å². The summed E-state index contributed by atoms with van der Waals surface area (Å²) in [7, 11) is 1.32. The summed E-state index contributed by atoms with van der Waals surface area (Å²) >= 11 is 0. The van der Waals surface area contributed by atoms with Gasteiger partial charge in [0.25, 0.3) is 0 Å². The Morgan fingerprint density at radius 2 is 1.91 bits per heavy atom. The molecule has 0 unspecified atom stereocenters. The van der Waals surface area contributed by atoms with Crippen LogP contribution in [-0.4, -0.2) is 18.9 Å². The first-order valence-electron chi connectivity index (χ1n) is 3.32. The van der Waals surface area contributed by atoms with Crippen molar-refractivity contribution in [2.75, 3.05) is 7.11 Å². The van der Waals surface area contributed by atoms with Crippen LogP contribution in [-0.2, 0) is 14.3 Å². The normalized spacial score (nSPS) is 11.0. The monoisotopic (exact) mass is 156 g/mol. The lowest BCUT2D eigenvalue weighted by Gasteiger charge is -1.94. The summed E-state index contributed by atoms with van der Waals surface area (Å²) in [6.07, 6.45) is 1.73. The molecule has 62 valence electrons. The Kier molecular flexibility index (Phi) is 4.18. The number of esters is 1. The van der Waals surface area contributed by atoms with Crippen LogP contribution >= 0.6 is 0 Å². The summed E-state index contributed by atoms with van der Waals surface area (Å²) < 4.78 is 4.39. The van der Waals surface area contributed by atoms with Crippen LogP contribution in [0.15, 0.2) is 11.6 Å². The molecule has 0 N–H and O–H groups in total. The molecule has 0 aromatic rings. The van der Waals surface area contributed by atoms with Crippen molar-refractivity contribution in [3.8, 4) is 0 Å². The van der Waals surface area contributed by atoms with E-state index in [1.165, 1.54) is 14.0 Å². The second kappa shape index (κ2) is 4.66. The van der Waals surface area contributed by atoms with Gasteiger partial charge in [0.05, 0.1) is 13.5 Å². The van der Waals surface area contributed by atoms with E-state index in [1.54, 1.807) is 13.0 Å².